The number of benzene rings is 1. The number of nitrogens with zero attached hydrogens (tertiary/aromatic N) is 1. The minimum atomic E-state index is -3.82. The van der Waals surface area contributed by atoms with Crippen LogP contribution in [0.15, 0.2) is 33.7 Å². The smallest absolute Gasteiger partial charge is 0.266 e. The predicted octanol–water partition coefficient (Wildman–Crippen LogP) is 3.09. The lowest BCUT2D eigenvalue weighted by Crippen LogP contribution is -2.17. The topological polar surface area (TPSA) is 81.4 Å². The Hall–Kier alpha value is -2.02. The van der Waals surface area contributed by atoms with E-state index in [9.17, 15) is 8.42 Å². The zero-order valence-corrected chi connectivity index (χ0v) is 14.1. The lowest BCUT2D eigenvalue weighted by molar-refractivity contribution is 0.399. The van der Waals surface area contributed by atoms with Gasteiger partial charge < -0.3 is 9.26 Å². The monoisotopic (exact) mass is 324 g/mol. The maximum atomic E-state index is 12.6. The van der Waals surface area contributed by atoms with Crippen LogP contribution in [-0.4, -0.2) is 20.7 Å². The molecule has 22 heavy (non-hydrogen) atoms. The SMILES string of the molecule is COc1ccc(C(C)(C)C)cc1S(=O)(=O)Nc1cc(C)on1. The molecule has 0 saturated heterocycles. The highest BCUT2D eigenvalue weighted by atomic mass is 32.2. The molecule has 0 aliphatic rings. The molecule has 0 aliphatic carbocycles. The molecule has 1 N–H and O–H groups in total. The molecule has 0 aliphatic heterocycles. The van der Waals surface area contributed by atoms with E-state index in [2.05, 4.69) is 9.88 Å². The van der Waals surface area contributed by atoms with Gasteiger partial charge in [0.05, 0.1) is 7.11 Å². The van der Waals surface area contributed by atoms with Crippen LogP contribution in [0, 0.1) is 6.92 Å². The number of aromatic nitrogens is 1. The maximum absolute atomic E-state index is 12.6. The van der Waals surface area contributed by atoms with Crippen LogP contribution in [0.1, 0.15) is 32.1 Å². The molecule has 0 spiro atoms. The minimum absolute atomic E-state index is 0.0723. The Balaban J connectivity index is 2.48. The minimum Gasteiger partial charge on any atom is -0.495 e. The maximum Gasteiger partial charge on any atom is 0.266 e. The van der Waals surface area contributed by atoms with E-state index in [4.69, 9.17) is 9.26 Å². The Morgan fingerprint density at radius 2 is 1.91 bits per heavy atom. The molecule has 0 fully saturated rings. The van der Waals surface area contributed by atoms with E-state index >= 15 is 0 Å². The van der Waals surface area contributed by atoms with E-state index in [1.54, 1.807) is 19.1 Å². The van der Waals surface area contributed by atoms with Crippen molar-refractivity contribution in [3.63, 3.8) is 0 Å². The molecule has 0 radical (unpaired) electrons. The molecule has 120 valence electrons. The summed E-state index contributed by atoms with van der Waals surface area (Å²) in [6.07, 6.45) is 0. The molecule has 0 amide bonds. The summed E-state index contributed by atoms with van der Waals surface area (Å²) in [5.74, 6) is 0.939. The molecule has 0 saturated carbocycles. The number of sulfonamides is 1. The number of nitrogens with one attached hydrogen (secondary N) is 1. The molecule has 7 heteroatoms. The van der Waals surface area contributed by atoms with Crippen molar-refractivity contribution in [2.75, 3.05) is 11.8 Å². The molecule has 0 atom stereocenters. The highest BCUT2D eigenvalue weighted by Gasteiger charge is 2.24. The number of anilines is 1. The zero-order valence-electron chi connectivity index (χ0n) is 13.3. The normalized spacial score (nSPS) is 12.2. The molecule has 1 heterocycles. The third-order valence-electron chi connectivity index (χ3n) is 3.19. The average molecular weight is 324 g/mol. The Labute approximate surface area is 130 Å². The van der Waals surface area contributed by atoms with Gasteiger partial charge in [0.1, 0.15) is 16.4 Å². The van der Waals surface area contributed by atoms with Crippen molar-refractivity contribution in [1.82, 2.24) is 5.16 Å². The van der Waals surface area contributed by atoms with Gasteiger partial charge in [-0.2, -0.15) is 0 Å². The number of hydrogen-bond donors (Lipinski definition) is 1. The van der Waals surface area contributed by atoms with Gasteiger partial charge in [-0.25, -0.2) is 8.42 Å². The Morgan fingerprint density at radius 1 is 1.23 bits per heavy atom. The molecular formula is C15H20N2O4S. The summed E-state index contributed by atoms with van der Waals surface area (Å²) in [5, 5.41) is 3.65. The van der Waals surface area contributed by atoms with Crippen molar-refractivity contribution in [3.05, 3.63) is 35.6 Å². The van der Waals surface area contributed by atoms with Gasteiger partial charge in [0.25, 0.3) is 10.0 Å². The van der Waals surface area contributed by atoms with Crippen LogP contribution in [0.3, 0.4) is 0 Å². The number of aryl methyl sites for hydroxylation is 1. The van der Waals surface area contributed by atoms with Gasteiger partial charge >= 0.3 is 0 Å². The van der Waals surface area contributed by atoms with E-state index < -0.39 is 10.0 Å². The first-order valence-electron chi connectivity index (χ1n) is 6.78. The van der Waals surface area contributed by atoms with Gasteiger partial charge in [-0.05, 0) is 30.0 Å². The van der Waals surface area contributed by atoms with E-state index in [0.717, 1.165) is 5.56 Å². The van der Waals surface area contributed by atoms with Crippen LogP contribution in [0.4, 0.5) is 5.82 Å². The van der Waals surface area contributed by atoms with Crippen molar-refractivity contribution >= 4 is 15.8 Å². The fraction of sp³-hybridized carbons (Fsp3) is 0.400. The molecule has 2 aromatic rings. The van der Waals surface area contributed by atoms with Crippen LogP contribution < -0.4 is 9.46 Å². The second-order valence-electron chi connectivity index (χ2n) is 6.04. The summed E-state index contributed by atoms with van der Waals surface area (Å²) in [6.45, 7) is 7.73. The highest BCUT2D eigenvalue weighted by Crippen LogP contribution is 2.31. The largest absolute Gasteiger partial charge is 0.495 e. The summed E-state index contributed by atoms with van der Waals surface area (Å²) in [6, 6.07) is 6.65. The van der Waals surface area contributed by atoms with Gasteiger partial charge in [-0.3, -0.25) is 4.72 Å². The standard InChI is InChI=1S/C15H20N2O4S/c1-10-8-14(16-21-10)17-22(18,19)13-9-11(15(2,3)4)6-7-12(13)20-5/h6-9H,1-5H3,(H,16,17). The van der Waals surface area contributed by atoms with Crippen LogP contribution in [0.25, 0.3) is 0 Å². The summed E-state index contributed by atoms with van der Waals surface area (Å²) in [4.78, 5) is 0.0723. The van der Waals surface area contributed by atoms with Gasteiger partial charge in [0.15, 0.2) is 5.82 Å². The molecular weight excluding hydrogens is 304 g/mol. The third kappa shape index (κ3) is 3.41. The first-order valence-corrected chi connectivity index (χ1v) is 8.26. The summed E-state index contributed by atoms with van der Waals surface area (Å²) >= 11 is 0. The van der Waals surface area contributed by atoms with Gasteiger partial charge in [0, 0.05) is 6.07 Å². The fourth-order valence-electron chi connectivity index (χ4n) is 1.96. The van der Waals surface area contributed by atoms with E-state index in [1.165, 1.54) is 13.2 Å². The lowest BCUT2D eigenvalue weighted by atomic mass is 9.87. The first kappa shape index (κ1) is 16.4. The number of rotatable bonds is 4. The predicted molar refractivity (Wildman–Crippen MR) is 83.7 cm³/mol. The third-order valence-corrected chi connectivity index (χ3v) is 4.56. The quantitative estimate of drug-likeness (QED) is 0.934. The van der Waals surface area contributed by atoms with Gasteiger partial charge in [-0.15, -0.1) is 0 Å². The van der Waals surface area contributed by atoms with E-state index in [0.29, 0.717) is 5.76 Å². The van der Waals surface area contributed by atoms with Crippen molar-refractivity contribution in [2.45, 2.75) is 38.0 Å². The van der Waals surface area contributed by atoms with E-state index in [-0.39, 0.29) is 21.9 Å². The second-order valence-corrected chi connectivity index (χ2v) is 7.69. The Morgan fingerprint density at radius 3 is 2.41 bits per heavy atom. The summed E-state index contributed by atoms with van der Waals surface area (Å²) < 4.78 is 37.6. The molecule has 1 aromatic heterocycles. The molecule has 6 nitrogen and oxygen atoms in total. The Bertz CT molecular complexity index is 773. The highest BCUT2D eigenvalue weighted by molar-refractivity contribution is 7.92. The van der Waals surface area contributed by atoms with Crippen LogP contribution >= 0.6 is 0 Å². The van der Waals surface area contributed by atoms with Crippen molar-refractivity contribution in [1.29, 1.82) is 0 Å². The second kappa shape index (κ2) is 5.64. The van der Waals surface area contributed by atoms with E-state index in [1.807, 2.05) is 26.8 Å². The van der Waals surface area contributed by atoms with Crippen molar-refractivity contribution < 1.29 is 17.7 Å². The van der Waals surface area contributed by atoms with Crippen molar-refractivity contribution in [2.24, 2.45) is 0 Å². The number of methoxy groups -OCH3 is 1. The molecule has 0 unspecified atom stereocenters. The van der Waals surface area contributed by atoms with Crippen LogP contribution in [0.2, 0.25) is 0 Å². The van der Waals surface area contributed by atoms with Crippen LogP contribution in [-0.2, 0) is 15.4 Å². The Kier molecular flexibility index (Phi) is 4.19. The van der Waals surface area contributed by atoms with Gasteiger partial charge in [0.2, 0.25) is 0 Å². The zero-order chi connectivity index (χ0) is 16.5. The first-order chi connectivity index (χ1) is 10.1. The van der Waals surface area contributed by atoms with Gasteiger partial charge in [-0.1, -0.05) is 32.0 Å². The molecule has 0 bridgehead atoms. The lowest BCUT2D eigenvalue weighted by Gasteiger charge is -2.21. The number of ether oxygens (including phenoxy) is 1. The van der Waals surface area contributed by atoms with Crippen LogP contribution in [0.5, 0.6) is 5.75 Å². The number of hydrogen-bond acceptors (Lipinski definition) is 5. The summed E-state index contributed by atoms with van der Waals surface area (Å²) in [7, 11) is -2.39. The summed E-state index contributed by atoms with van der Waals surface area (Å²) in [5.41, 5.74) is 0.714. The molecule has 1 aromatic carbocycles. The van der Waals surface area contributed by atoms with Crippen molar-refractivity contribution in [3.8, 4) is 5.75 Å². The fourth-order valence-corrected chi connectivity index (χ4v) is 3.14. The average Bonchev–Trinajstić information content (AvgIpc) is 2.81. The molecule has 2 rings (SSSR count).